The summed E-state index contributed by atoms with van der Waals surface area (Å²) in [6.45, 7) is 52.7. The van der Waals surface area contributed by atoms with Gasteiger partial charge in [-0.15, -0.1) is 0 Å². The van der Waals surface area contributed by atoms with Crippen LogP contribution in [0.2, 0.25) is 0 Å². The van der Waals surface area contributed by atoms with E-state index in [0.717, 1.165) is 76.4 Å². The summed E-state index contributed by atoms with van der Waals surface area (Å²) in [7, 11) is 0. The van der Waals surface area contributed by atoms with Crippen LogP contribution in [0.4, 0.5) is 5.69 Å². The normalized spacial score (nSPS) is 14.8. The maximum absolute atomic E-state index is 12.5. The smallest absolute Gasteiger partial charge is 0.150 e. The minimum Gasteiger partial charge on any atom is -0.456 e. The lowest BCUT2D eigenvalue weighted by Crippen LogP contribution is -2.39. The first kappa shape index (κ1) is 53.2. The van der Waals surface area contributed by atoms with E-state index in [1.165, 1.54) is 25.7 Å². The summed E-state index contributed by atoms with van der Waals surface area (Å²) in [6, 6.07) is 20.7. The number of rotatable bonds is 19. The SMILES string of the molecule is CC(C)(C)CC(C)(C)CC(C)(C)CC(C)(C)CC(C)(C)/N=c1/ccc2c(-c3ccccc3C=O)c3ccc(NC(C)(C)CC(C)(C)CC(C)(C)CC(C)(C)CC(C)(C)C)cc3oc-2c1. The highest BCUT2D eigenvalue weighted by molar-refractivity contribution is 6.05. The van der Waals surface area contributed by atoms with Crippen LogP contribution in [0.5, 0.6) is 0 Å². The number of hydrogen-bond acceptors (Lipinski definition) is 4. The number of benzene rings is 3. The van der Waals surface area contributed by atoms with Crippen molar-refractivity contribution in [1.29, 1.82) is 0 Å². The number of carbonyl (C=O) groups is 1. The van der Waals surface area contributed by atoms with Gasteiger partial charge < -0.3 is 9.73 Å². The van der Waals surface area contributed by atoms with Crippen molar-refractivity contribution < 1.29 is 9.21 Å². The van der Waals surface area contributed by atoms with Crippen LogP contribution in [0.1, 0.15) is 214 Å². The molecule has 0 saturated carbocycles. The van der Waals surface area contributed by atoms with Gasteiger partial charge in [0.2, 0.25) is 0 Å². The minimum absolute atomic E-state index is 0.0864. The topological polar surface area (TPSA) is 54.6 Å². The summed E-state index contributed by atoms with van der Waals surface area (Å²) in [5.41, 5.74) is 6.63. The maximum atomic E-state index is 12.5. The van der Waals surface area contributed by atoms with Crippen LogP contribution >= 0.6 is 0 Å². The van der Waals surface area contributed by atoms with E-state index in [2.05, 4.69) is 200 Å². The van der Waals surface area contributed by atoms with Gasteiger partial charge in [0.05, 0.1) is 10.9 Å². The van der Waals surface area contributed by atoms with Crippen molar-refractivity contribution in [2.75, 3.05) is 5.32 Å². The molecule has 4 nitrogen and oxygen atoms in total. The molecular formula is C60H94N2O2. The lowest BCUT2D eigenvalue weighted by Gasteiger charge is -2.44. The monoisotopic (exact) mass is 875 g/mol. The number of aldehydes is 1. The summed E-state index contributed by atoms with van der Waals surface area (Å²) in [4.78, 5) is 17.9. The van der Waals surface area contributed by atoms with E-state index in [0.29, 0.717) is 16.4 Å². The highest BCUT2D eigenvalue weighted by Crippen LogP contribution is 2.50. The van der Waals surface area contributed by atoms with Gasteiger partial charge in [-0.05, 0) is 152 Å². The average Bonchev–Trinajstić information content (AvgIpc) is 3.00. The zero-order chi connectivity index (χ0) is 48.8. The van der Waals surface area contributed by atoms with Gasteiger partial charge in [-0.2, -0.15) is 0 Å². The standard InChI is InChI=1S/C60H94N2O2/c1-51(2,3)34-53(7,8)36-55(11,12)38-57(15,16)40-59(19,20)61-43-27-29-46-48(31-43)64-49-32-44(28-30-47(49)50(46)45-26-24-23-25-42(45)33-63)62-60(21,22)41-58(17,18)39-56(13,14)37-54(9,10)35-52(4,5)6/h23-33,61H,34-41H2,1-22H3/b62-44-. The second-order valence-corrected chi connectivity index (χ2v) is 29.0. The molecule has 0 aromatic heterocycles. The molecule has 0 bridgehead atoms. The Morgan fingerprint density at radius 1 is 0.500 bits per heavy atom. The van der Waals surface area contributed by atoms with Crippen LogP contribution < -0.4 is 10.7 Å². The third kappa shape index (κ3) is 16.2. The fourth-order valence-electron chi connectivity index (χ4n) is 14.8. The Balaban J connectivity index is 1.70. The van der Waals surface area contributed by atoms with E-state index in [1.54, 1.807) is 0 Å². The van der Waals surface area contributed by atoms with E-state index in [4.69, 9.17) is 9.41 Å². The van der Waals surface area contributed by atoms with E-state index in [1.807, 2.05) is 18.2 Å². The first-order valence-electron chi connectivity index (χ1n) is 24.6. The highest BCUT2D eigenvalue weighted by atomic mass is 16.3. The van der Waals surface area contributed by atoms with Crippen molar-refractivity contribution in [2.45, 2.75) is 215 Å². The molecule has 1 N–H and O–H groups in total. The van der Waals surface area contributed by atoms with Crippen LogP contribution in [0.25, 0.3) is 33.4 Å². The molecule has 0 amide bonds. The first-order chi connectivity index (χ1) is 28.7. The highest BCUT2D eigenvalue weighted by Gasteiger charge is 2.40. The molecule has 0 saturated heterocycles. The molecular weight excluding hydrogens is 781 g/mol. The van der Waals surface area contributed by atoms with Crippen LogP contribution in [0.15, 0.2) is 70.1 Å². The number of carbonyl (C=O) groups excluding carboxylic acids is 1. The molecule has 0 unspecified atom stereocenters. The van der Waals surface area contributed by atoms with Gasteiger partial charge in [0.15, 0.2) is 6.29 Å². The predicted molar refractivity (Wildman–Crippen MR) is 280 cm³/mol. The second-order valence-electron chi connectivity index (χ2n) is 29.0. The minimum atomic E-state index is -0.299. The largest absolute Gasteiger partial charge is 0.456 e. The summed E-state index contributed by atoms with van der Waals surface area (Å²) in [5.74, 6) is 0.760. The molecule has 1 aliphatic carbocycles. The predicted octanol–water partition coefficient (Wildman–Crippen LogP) is 18.3. The Morgan fingerprint density at radius 3 is 1.47 bits per heavy atom. The van der Waals surface area contributed by atoms with Crippen LogP contribution in [-0.2, 0) is 0 Å². The number of hydrogen-bond donors (Lipinski definition) is 1. The average molecular weight is 875 g/mol. The van der Waals surface area contributed by atoms with E-state index < -0.39 is 0 Å². The number of fused-ring (bicyclic) bond motifs is 2. The molecule has 1 aliphatic heterocycles. The Morgan fingerprint density at radius 2 is 0.969 bits per heavy atom. The van der Waals surface area contributed by atoms with Crippen molar-refractivity contribution >= 4 is 22.9 Å². The third-order valence-corrected chi connectivity index (χ3v) is 12.7. The van der Waals surface area contributed by atoms with Crippen LogP contribution in [-0.4, -0.2) is 17.4 Å². The molecule has 4 heteroatoms. The third-order valence-electron chi connectivity index (χ3n) is 12.7. The number of nitrogens with zero attached hydrogens (tertiary/aromatic N) is 1. The quantitative estimate of drug-likeness (QED) is 0.0754. The molecule has 0 fully saturated rings. The molecule has 2 aromatic rings. The summed E-state index contributed by atoms with van der Waals surface area (Å²) in [6.07, 6.45) is 10.0. The summed E-state index contributed by atoms with van der Waals surface area (Å²) < 4.78 is 6.90. The molecule has 64 heavy (non-hydrogen) atoms. The van der Waals surface area contributed by atoms with E-state index >= 15 is 0 Å². The molecule has 0 radical (unpaired) electrons. The fraction of sp³-hybridized carbons (Fsp3) is 0.667. The number of anilines is 1. The maximum Gasteiger partial charge on any atom is 0.150 e. The van der Waals surface area contributed by atoms with Gasteiger partial charge in [-0.1, -0.05) is 149 Å². The van der Waals surface area contributed by atoms with Gasteiger partial charge in [0.1, 0.15) is 11.3 Å². The molecule has 0 atom stereocenters. The molecule has 2 aromatic carbocycles. The molecule has 0 spiro atoms. The number of nitrogens with one attached hydrogen (secondary N) is 1. The van der Waals surface area contributed by atoms with Crippen molar-refractivity contribution in [3.63, 3.8) is 0 Å². The zero-order valence-electron chi connectivity index (χ0n) is 45.3. The van der Waals surface area contributed by atoms with Gasteiger partial charge in [-0.25, -0.2) is 0 Å². The fourth-order valence-corrected chi connectivity index (χ4v) is 14.8. The van der Waals surface area contributed by atoms with Crippen molar-refractivity contribution in [3.8, 4) is 22.5 Å². The van der Waals surface area contributed by atoms with Gasteiger partial charge in [0, 0.05) is 45.4 Å². The van der Waals surface area contributed by atoms with E-state index in [9.17, 15) is 4.79 Å². The molecule has 1 heterocycles. The molecule has 356 valence electrons. The van der Waals surface area contributed by atoms with Gasteiger partial charge in [0.25, 0.3) is 0 Å². The second kappa shape index (κ2) is 18.4. The lowest BCUT2D eigenvalue weighted by molar-refractivity contribution is 0.0829. The zero-order valence-corrected chi connectivity index (χ0v) is 45.3. The van der Waals surface area contributed by atoms with Crippen LogP contribution in [0, 0.1) is 43.3 Å². The van der Waals surface area contributed by atoms with Crippen molar-refractivity contribution in [1.82, 2.24) is 0 Å². The van der Waals surface area contributed by atoms with Gasteiger partial charge in [-0.3, -0.25) is 9.79 Å². The Kier molecular flexibility index (Phi) is 15.3. The summed E-state index contributed by atoms with van der Waals surface area (Å²) >= 11 is 0. The Labute approximate surface area is 393 Å². The Hall–Kier alpha value is -3.40. The van der Waals surface area contributed by atoms with Crippen molar-refractivity contribution in [3.05, 3.63) is 71.6 Å². The van der Waals surface area contributed by atoms with Gasteiger partial charge >= 0.3 is 0 Å². The van der Waals surface area contributed by atoms with Crippen LogP contribution in [0.3, 0.4) is 0 Å². The molecule has 2 aliphatic rings. The molecule has 4 rings (SSSR count). The first-order valence-corrected chi connectivity index (χ1v) is 24.6. The van der Waals surface area contributed by atoms with Crippen molar-refractivity contribution in [2.24, 2.45) is 48.3 Å². The van der Waals surface area contributed by atoms with E-state index in [-0.39, 0.29) is 43.6 Å². The Bertz CT molecular complexity index is 2260. The summed E-state index contributed by atoms with van der Waals surface area (Å²) in [5, 5.41) is 5.81. The lowest BCUT2D eigenvalue weighted by atomic mass is 9.62.